The van der Waals surface area contributed by atoms with E-state index in [0.717, 1.165) is 30.2 Å². The number of amides is 1. The van der Waals surface area contributed by atoms with Gasteiger partial charge in [0.2, 0.25) is 5.91 Å². The first-order chi connectivity index (χ1) is 12.3. The van der Waals surface area contributed by atoms with Crippen molar-refractivity contribution in [1.82, 2.24) is 15.1 Å². The van der Waals surface area contributed by atoms with E-state index in [4.69, 9.17) is 0 Å². The molecule has 4 heteroatoms. The number of hydrogen-bond donors (Lipinski definition) is 1. The van der Waals surface area contributed by atoms with Gasteiger partial charge in [0.05, 0.1) is 17.8 Å². The summed E-state index contributed by atoms with van der Waals surface area (Å²) in [7, 11) is 0. The highest BCUT2D eigenvalue weighted by Crippen LogP contribution is 2.30. The molecule has 4 rings (SSSR count). The van der Waals surface area contributed by atoms with Crippen LogP contribution in [0.5, 0.6) is 0 Å². The van der Waals surface area contributed by atoms with Crippen LogP contribution in [0.2, 0.25) is 0 Å². The Balaban J connectivity index is 1.60. The van der Waals surface area contributed by atoms with Gasteiger partial charge in [0.25, 0.3) is 0 Å². The van der Waals surface area contributed by atoms with Gasteiger partial charge in [0.15, 0.2) is 0 Å². The van der Waals surface area contributed by atoms with Crippen molar-refractivity contribution in [2.75, 3.05) is 0 Å². The van der Waals surface area contributed by atoms with E-state index in [1.807, 2.05) is 42.1 Å². The molecule has 1 aromatic heterocycles. The Morgan fingerprint density at radius 3 is 2.92 bits per heavy atom. The van der Waals surface area contributed by atoms with Crippen LogP contribution in [0, 0.1) is 0 Å². The highest BCUT2D eigenvalue weighted by Gasteiger charge is 2.26. The van der Waals surface area contributed by atoms with Crippen LogP contribution < -0.4 is 5.32 Å². The van der Waals surface area contributed by atoms with Gasteiger partial charge in [0, 0.05) is 5.39 Å². The van der Waals surface area contributed by atoms with Crippen LogP contribution in [0.15, 0.2) is 54.7 Å². The number of hydrogen-bond acceptors (Lipinski definition) is 2. The molecule has 1 amide bonds. The predicted octanol–water partition coefficient (Wildman–Crippen LogP) is 4.18. The van der Waals surface area contributed by atoms with Crippen molar-refractivity contribution in [3.8, 4) is 0 Å². The summed E-state index contributed by atoms with van der Waals surface area (Å²) in [6, 6.07) is 16.3. The normalized spacial score (nSPS) is 17.9. The molecular formula is C21H23N3O. The molecule has 2 atom stereocenters. The van der Waals surface area contributed by atoms with Crippen LogP contribution in [0.1, 0.15) is 49.4 Å². The first-order valence-corrected chi connectivity index (χ1v) is 9.08. The van der Waals surface area contributed by atoms with E-state index in [-0.39, 0.29) is 18.0 Å². The van der Waals surface area contributed by atoms with E-state index in [1.54, 1.807) is 0 Å². The number of nitrogens with one attached hydrogen (secondary N) is 1. The lowest BCUT2D eigenvalue weighted by molar-refractivity contribution is -0.125. The molecule has 25 heavy (non-hydrogen) atoms. The molecule has 1 aliphatic carbocycles. The lowest BCUT2D eigenvalue weighted by Gasteiger charge is -2.28. The third-order valence-corrected chi connectivity index (χ3v) is 5.18. The number of para-hydroxylation sites is 1. The molecule has 0 spiro atoms. The SMILES string of the molecule is CCC(C(=O)NC1CCCc2ccccc21)n1ncc2ccccc21. The number of aryl methyl sites for hydroxylation is 1. The van der Waals surface area contributed by atoms with Gasteiger partial charge >= 0.3 is 0 Å². The van der Waals surface area contributed by atoms with Crippen molar-refractivity contribution in [3.63, 3.8) is 0 Å². The summed E-state index contributed by atoms with van der Waals surface area (Å²) in [4.78, 5) is 13.0. The number of carbonyl (C=O) groups excluding carboxylic acids is 1. The van der Waals surface area contributed by atoms with Gasteiger partial charge in [-0.1, -0.05) is 49.4 Å². The quantitative estimate of drug-likeness (QED) is 0.778. The Labute approximate surface area is 147 Å². The lowest BCUT2D eigenvalue weighted by atomic mass is 9.87. The topological polar surface area (TPSA) is 46.9 Å². The zero-order valence-corrected chi connectivity index (χ0v) is 14.5. The molecule has 1 aliphatic rings. The monoisotopic (exact) mass is 333 g/mol. The minimum absolute atomic E-state index is 0.0538. The number of benzene rings is 2. The Kier molecular flexibility index (Phi) is 4.26. The number of carbonyl (C=O) groups is 1. The van der Waals surface area contributed by atoms with Gasteiger partial charge in [-0.15, -0.1) is 0 Å². The average Bonchev–Trinajstić information content (AvgIpc) is 3.07. The van der Waals surface area contributed by atoms with E-state index < -0.39 is 0 Å². The maximum Gasteiger partial charge on any atom is 0.245 e. The Bertz CT molecular complexity index is 899. The van der Waals surface area contributed by atoms with Crippen LogP contribution >= 0.6 is 0 Å². The molecule has 3 aromatic rings. The Morgan fingerprint density at radius 2 is 2.04 bits per heavy atom. The van der Waals surface area contributed by atoms with Gasteiger partial charge in [-0.2, -0.15) is 5.10 Å². The van der Waals surface area contributed by atoms with E-state index in [1.165, 1.54) is 11.1 Å². The molecule has 2 unspecified atom stereocenters. The second-order valence-corrected chi connectivity index (χ2v) is 6.72. The highest BCUT2D eigenvalue weighted by molar-refractivity contribution is 5.85. The van der Waals surface area contributed by atoms with Gasteiger partial charge < -0.3 is 5.32 Å². The van der Waals surface area contributed by atoms with Crippen molar-refractivity contribution in [1.29, 1.82) is 0 Å². The summed E-state index contributed by atoms with van der Waals surface area (Å²) in [6.45, 7) is 2.04. The smallest absolute Gasteiger partial charge is 0.245 e. The molecule has 1 heterocycles. The summed E-state index contributed by atoms with van der Waals surface area (Å²) in [5, 5.41) is 8.83. The second-order valence-electron chi connectivity index (χ2n) is 6.72. The third-order valence-electron chi connectivity index (χ3n) is 5.18. The summed E-state index contributed by atoms with van der Waals surface area (Å²) < 4.78 is 1.86. The van der Waals surface area contributed by atoms with Crippen LogP contribution in [-0.4, -0.2) is 15.7 Å². The van der Waals surface area contributed by atoms with Crippen molar-refractivity contribution in [3.05, 3.63) is 65.9 Å². The summed E-state index contributed by atoms with van der Waals surface area (Å²) >= 11 is 0. The van der Waals surface area contributed by atoms with Crippen molar-refractivity contribution in [2.24, 2.45) is 0 Å². The minimum atomic E-state index is -0.283. The van der Waals surface area contributed by atoms with E-state index >= 15 is 0 Å². The summed E-state index contributed by atoms with van der Waals surface area (Å²) in [6.07, 6.45) is 5.76. The van der Waals surface area contributed by atoms with E-state index in [9.17, 15) is 4.79 Å². The first-order valence-electron chi connectivity index (χ1n) is 9.08. The number of fused-ring (bicyclic) bond motifs is 2. The maximum absolute atomic E-state index is 13.0. The van der Waals surface area contributed by atoms with Gasteiger partial charge in [0.1, 0.15) is 6.04 Å². The molecule has 4 nitrogen and oxygen atoms in total. The Hall–Kier alpha value is -2.62. The number of nitrogens with zero attached hydrogens (tertiary/aromatic N) is 2. The second kappa shape index (κ2) is 6.71. The summed E-state index contributed by atoms with van der Waals surface area (Å²) in [5.74, 6) is 0.0538. The standard InChI is InChI=1S/C21H23N3O/c1-2-19(24-20-13-6-4-9-16(20)14-22-24)21(25)23-18-12-7-10-15-8-3-5-11-17(15)18/h3-6,8-9,11,13-14,18-19H,2,7,10,12H2,1H3,(H,23,25). The van der Waals surface area contributed by atoms with Crippen LogP contribution in [0.25, 0.3) is 10.9 Å². The van der Waals surface area contributed by atoms with E-state index in [2.05, 4.69) is 34.7 Å². The zero-order valence-electron chi connectivity index (χ0n) is 14.5. The maximum atomic E-state index is 13.0. The number of aromatic nitrogens is 2. The Morgan fingerprint density at radius 1 is 1.24 bits per heavy atom. The molecule has 128 valence electrons. The van der Waals surface area contributed by atoms with Gasteiger partial charge in [-0.25, -0.2) is 0 Å². The third kappa shape index (κ3) is 2.93. The molecule has 0 aliphatic heterocycles. The van der Waals surface area contributed by atoms with Crippen LogP contribution in [0.4, 0.5) is 0 Å². The zero-order chi connectivity index (χ0) is 17.2. The molecule has 2 aromatic carbocycles. The summed E-state index contributed by atoms with van der Waals surface area (Å²) in [5.41, 5.74) is 3.63. The highest BCUT2D eigenvalue weighted by atomic mass is 16.2. The van der Waals surface area contributed by atoms with Crippen molar-refractivity contribution in [2.45, 2.75) is 44.7 Å². The fourth-order valence-corrected chi connectivity index (χ4v) is 3.88. The van der Waals surface area contributed by atoms with Gasteiger partial charge in [-0.3, -0.25) is 9.48 Å². The fourth-order valence-electron chi connectivity index (χ4n) is 3.88. The molecule has 0 saturated heterocycles. The molecule has 0 radical (unpaired) electrons. The fraction of sp³-hybridized carbons (Fsp3) is 0.333. The average molecular weight is 333 g/mol. The van der Waals surface area contributed by atoms with Crippen molar-refractivity contribution >= 4 is 16.8 Å². The van der Waals surface area contributed by atoms with Crippen LogP contribution in [-0.2, 0) is 11.2 Å². The molecule has 1 N–H and O–H groups in total. The molecule has 0 bridgehead atoms. The largest absolute Gasteiger partial charge is 0.347 e. The predicted molar refractivity (Wildman–Crippen MR) is 99.3 cm³/mol. The van der Waals surface area contributed by atoms with E-state index in [0.29, 0.717) is 6.42 Å². The molecule has 0 fully saturated rings. The molecular weight excluding hydrogens is 310 g/mol. The molecule has 0 saturated carbocycles. The van der Waals surface area contributed by atoms with Crippen molar-refractivity contribution < 1.29 is 4.79 Å². The number of rotatable bonds is 4. The lowest BCUT2D eigenvalue weighted by Crippen LogP contribution is -2.36. The van der Waals surface area contributed by atoms with Gasteiger partial charge in [-0.05, 0) is 42.9 Å². The first kappa shape index (κ1) is 15.9. The van der Waals surface area contributed by atoms with Crippen LogP contribution in [0.3, 0.4) is 0 Å². The minimum Gasteiger partial charge on any atom is -0.347 e.